The summed E-state index contributed by atoms with van der Waals surface area (Å²) in [5.41, 5.74) is 0.148. The van der Waals surface area contributed by atoms with Crippen LogP contribution in [0.2, 0.25) is 0 Å². The zero-order valence-corrected chi connectivity index (χ0v) is 15.4. The van der Waals surface area contributed by atoms with E-state index < -0.39 is 5.60 Å². The second-order valence-corrected chi connectivity index (χ2v) is 7.22. The number of rotatable bonds is 3. The van der Waals surface area contributed by atoms with Gasteiger partial charge < -0.3 is 14.6 Å². The van der Waals surface area contributed by atoms with Crippen LogP contribution in [0, 0.1) is 0 Å². The van der Waals surface area contributed by atoms with Gasteiger partial charge in [-0.15, -0.1) is 0 Å². The fraction of sp³-hybridized carbons (Fsp3) is 0.286. The van der Waals surface area contributed by atoms with E-state index in [-0.39, 0.29) is 11.5 Å². The van der Waals surface area contributed by atoms with Crippen LogP contribution in [0.4, 0.5) is 0 Å². The van der Waals surface area contributed by atoms with E-state index in [1.54, 1.807) is 18.7 Å². The minimum atomic E-state index is -1.04. The molecule has 27 heavy (non-hydrogen) atoms. The van der Waals surface area contributed by atoms with Gasteiger partial charge in [-0.1, -0.05) is 36.4 Å². The van der Waals surface area contributed by atoms with Crippen molar-refractivity contribution >= 4 is 16.7 Å². The fourth-order valence-electron chi connectivity index (χ4n) is 3.52. The Morgan fingerprint density at radius 1 is 1.19 bits per heavy atom. The van der Waals surface area contributed by atoms with Crippen molar-refractivity contribution in [2.24, 2.45) is 0 Å². The van der Waals surface area contributed by atoms with Gasteiger partial charge in [0.05, 0.1) is 18.6 Å². The first-order chi connectivity index (χ1) is 13.0. The number of benzene rings is 2. The van der Waals surface area contributed by atoms with E-state index in [0.717, 1.165) is 10.8 Å². The highest BCUT2D eigenvalue weighted by Gasteiger charge is 2.36. The molecule has 0 saturated heterocycles. The van der Waals surface area contributed by atoms with Crippen molar-refractivity contribution in [2.45, 2.75) is 32.4 Å². The lowest BCUT2D eigenvalue weighted by atomic mass is 10.0. The van der Waals surface area contributed by atoms with Crippen LogP contribution < -0.4 is 10.3 Å². The van der Waals surface area contributed by atoms with Gasteiger partial charge in [0.25, 0.3) is 11.5 Å². The van der Waals surface area contributed by atoms with Crippen molar-refractivity contribution in [3.8, 4) is 5.75 Å². The van der Waals surface area contributed by atoms with Crippen molar-refractivity contribution in [1.82, 2.24) is 14.9 Å². The molecule has 0 fully saturated rings. The average Bonchev–Trinajstić information content (AvgIpc) is 2.67. The van der Waals surface area contributed by atoms with E-state index in [2.05, 4.69) is 9.97 Å². The number of nitrogens with one attached hydrogen (secondary N) is 1. The van der Waals surface area contributed by atoms with Crippen LogP contribution >= 0.6 is 0 Å². The van der Waals surface area contributed by atoms with Gasteiger partial charge in [0.1, 0.15) is 5.75 Å². The Kier molecular flexibility index (Phi) is 4.18. The summed E-state index contributed by atoms with van der Waals surface area (Å²) in [5, 5.41) is 2.03. The molecule has 1 aliphatic rings. The minimum absolute atomic E-state index is 0.122. The molecule has 0 spiro atoms. The maximum absolute atomic E-state index is 13.1. The maximum Gasteiger partial charge on any atom is 0.266 e. The normalized spacial score (nSPS) is 14.1. The molecule has 0 atom stereocenters. The van der Waals surface area contributed by atoms with Gasteiger partial charge in [0.15, 0.2) is 5.60 Å². The number of H-pyrrole nitrogens is 1. The Balaban J connectivity index is 1.58. The van der Waals surface area contributed by atoms with Gasteiger partial charge in [0.2, 0.25) is 0 Å². The highest BCUT2D eigenvalue weighted by molar-refractivity contribution is 5.90. The fourth-order valence-corrected chi connectivity index (χ4v) is 3.52. The van der Waals surface area contributed by atoms with Crippen LogP contribution in [0.15, 0.2) is 53.6 Å². The number of fused-ring (bicyclic) bond motifs is 2. The number of carbonyl (C=O) groups is 1. The van der Waals surface area contributed by atoms with Gasteiger partial charge in [0, 0.05) is 17.5 Å². The lowest BCUT2D eigenvalue weighted by Crippen LogP contribution is -2.51. The molecule has 3 aromatic rings. The van der Waals surface area contributed by atoms with E-state index in [1.807, 2.05) is 42.5 Å². The molecule has 0 aliphatic carbocycles. The summed E-state index contributed by atoms with van der Waals surface area (Å²) >= 11 is 0. The van der Waals surface area contributed by atoms with Crippen LogP contribution in [0.3, 0.4) is 0 Å². The first-order valence-corrected chi connectivity index (χ1v) is 8.97. The second kappa shape index (κ2) is 6.54. The van der Waals surface area contributed by atoms with E-state index >= 15 is 0 Å². The SMILES string of the molecule is CC(C)(Oc1cccc2ccccc12)C(=O)N1CCc2c(nc[nH]c2=O)C1. The Bertz CT molecular complexity index is 1070. The highest BCUT2D eigenvalue weighted by Crippen LogP contribution is 2.29. The Labute approximate surface area is 156 Å². The number of aromatic amines is 1. The van der Waals surface area contributed by atoms with E-state index in [4.69, 9.17) is 4.74 Å². The molecule has 0 saturated carbocycles. The smallest absolute Gasteiger partial charge is 0.266 e. The molecule has 138 valence electrons. The van der Waals surface area contributed by atoms with Gasteiger partial charge >= 0.3 is 0 Å². The summed E-state index contributed by atoms with van der Waals surface area (Å²) in [5.74, 6) is 0.557. The first kappa shape index (κ1) is 17.3. The lowest BCUT2D eigenvalue weighted by molar-refractivity contribution is -0.146. The molecule has 0 radical (unpaired) electrons. The topological polar surface area (TPSA) is 75.3 Å². The van der Waals surface area contributed by atoms with Gasteiger partial charge in [-0.2, -0.15) is 0 Å². The van der Waals surface area contributed by atoms with Crippen LogP contribution in [-0.4, -0.2) is 32.9 Å². The molecule has 1 aliphatic heterocycles. The summed E-state index contributed by atoms with van der Waals surface area (Å²) in [6, 6.07) is 13.7. The minimum Gasteiger partial charge on any atom is -0.477 e. The lowest BCUT2D eigenvalue weighted by Gasteiger charge is -2.34. The molecule has 2 aromatic carbocycles. The molecule has 6 nitrogen and oxygen atoms in total. The maximum atomic E-state index is 13.1. The van der Waals surface area contributed by atoms with Crippen LogP contribution in [0.5, 0.6) is 5.75 Å². The molecule has 0 unspecified atom stereocenters. The summed E-state index contributed by atoms with van der Waals surface area (Å²) in [6.45, 7) is 4.35. The monoisotopic (exact) mass is 363 g/mol. The van der Waals surface area contributed by atoms with Crippen molar-refractivity contribution in [3.63, 3.8) is 0 Å². The van der Waals surface area contributed by atoms with E-state index in [1.165, 1.54) is 6.33 Å². The van der Waals surface area contributed by atoms with Crippen LogP contribution in [-0.2, 0) is 17.8 Å². The largest absolute Gasteiger partial charge is 0.477 e. The molecule has 1 N–H and O–H groups in total. The van der Waals surface area contributed by atoms with Gasteiger partial charge in [-0.3, -0.25) is 9.59 Å². The van der Waals surface area contributed by atoms with Crippen molar-refractivity contribution < 1.29 is 9.53 Å². The summed E-state index contributed by atoms with van der Waals surface area (Å²) in [6.07, 6.45) is 1.88. The third-order valence-corrected chi connectivity index (χ3v) is 4.93. The van der Waals surface area contributed by atoms with Gasteiger partial charge in [-0.25, -0.2) is 4.98 Å². The molecular weight excluding hydrogens is 342 g/mol. The van der Waals surface area contributed by atoms with Crippen LogP contribution in [0.25, 0.3) is 10.8 Å². The number of nitrogens with zero attached hydrogens (tertiary/aromatic N) is 2. The highest BCUT2D eigenvalue weighted by atomic mass is 16.5. The summed E-state index contributed by atoms with van der Waals surface area (Å²) < 4.78 is 6.16. The number of carbonyl (C=O) groups excluding carboxylic acids is 1. The number of aromatic nitrogens is 2. The molecule has 6 heteroatoms. The van der Waals surface area contributed by atoms with Gasteiger partial charge in [-0.05, 0) is 31.7 Å². The first-order valence-electron chi connectivity index (χ1n) is 8.97. The molecular formula is C21H21N3O3. The number of hydrogen-bond acceptors (Lipinski definition) is 4. The Hall–Kier alpha value is -3.15. The zero-order valence-electron chi connectivity index (χ0n) is 15.4. The third-order valence-electron chi connectivity index (χ3n) is 4.93. The molecule has 4 rings (SSSR count). The quantitative estimate of drug-likeness (QED) is 0.776. The van der Waals surface area contributed by atoms with Crippen molar-refractivity contribution in [2.75, 3.05) is 6.54 Å². The standard InChI is InChI=1S/C21H21N3O3/c1-21(2,27-18-9-5-7-14-6-3-4-8-15(14)18)20(26)24-11-10-16-17(12-24)22-13-23-19(16)25/h3-9,13H,10-12H2,1-2H3,(H,22,23,25). The molecule has 0 bridgehead atoms. The van der Waals surface area contributed by atoms with E-state index in [9.17, 15) is 9.59 Å². The Morgan fingerprint density at radius 3 is 2.81 bits per heavy atom. The van der Waals surface area contributed by atoms with Crippen LogP contribution in [0.1, 0.15) is 25.1 Å². The summed E-state index contributed by atoms with van der Waals surface area (Å²) in [7, 11) is 0. The number of amides is 1. The van der Waals surface area contributed by atoms with Crippen molar-refractivity contribution in [1.29, 1.82) is 0 Å². The predicted molar refractivity (Wildman–Crippen MR) is 103 cm³/mol. The number of hydrogen-bond donors (Lipinski definition) is 1. The Morgan fingerprint density at radius 2 is 1.96 bits per heavy atom. The van der Waals surface area contributed by atoms with E-state index in [0.29, 0.717) is 36.5 Å². The number of ether oxygens (including phenoxy) is 1. The third kappa shape index (κ3) is 3.18. The molecule has 2 heterocycles. The second-order valence-electron chi connectivity index (χ2n) is 7.22. The molecule has 1 amide bonds. The zero-order chi connectivity index (χ0) is 19.0. The predicted octanol–water partition coefficient (Wildman–Crippen LogP) is 2.67. The average molecular weight is 363 g/mol. The molecule has 1 aromatic heterocycles. The summed E-state index contributed by atoms with van der Waals surface area (Å²) in [4.78, 5) is 33.5. The van der Waals surface area contributed by atoms with Crippen molar-refractivity contribution in [3.05, 3.63) is 70.4 Å².